The van der Waals surface area contributed by atoms with Crippen LogP contribution in [0.1, 0.15) is 16.8 Å². The zero-order valence-corrected chi connectivity index (χ0v) is 12.9. The predicted molar refractivity (Wildman–Crippen MR) is 81.1 cm³/mol. The van der Waals surface area contributed by atoms with Gasteiger partial charge in [-0.15, -0.1) is 0 Å². The number of carbonyl (C=O) groups excluding carboxylic acids is 1. The van der Waals surface area contributed by atoms with Gasteiger partial charge in [0, 0.05) is 29.7 Å². The zero-order valence-electron chi connectivity index (χ0n) is 11.3. The van der Waals surface area contributed by atoms with Gasteiger partial charge in [0.1, 0.15) is 12.4 Å². The molecule has 0 bridgehead atoms. The lowest BCUT2D eigenvalue weighted by molar-refractivity contribution is 0.0770. The molecular weight excluding hydrogens is 334 g/mol. The molecule has 1 aromatic heterocycles. The minimum Gasteiger partial charge on any atom is -0.472 e. The second-order valence-electron chi connectivity index (χ2n) is 4.81. The van der Waals surface area contributed by atoms with Gasteiger partial charge in [-0.1, -0.05) is 12.1 Å². The van der Waals surface area contributed by atoms with Crippen molar-refractivity contribution >= 4 is 21.8 Å². The van der Waals surface area contributed by atoms with Crippen LogP contribution in [0.15, 0.2) is 47.3 Å². The van der Waals surface area contributed by atoms with Crippen LogP contribution in [-0.4, -0.2) is 40.0 Å². The van der Waals surface area contributed by atoms with Crippen molar-refractivity contribution in [3.63, 3.8) is 0 Å². The number of benzene rings is 1. The molecule has 0 aliphatic carbocycles. The number of aromatic nitrogens is 2. The molecule has 3 rings (SSSR count). The van der Waals surface area contributed by atoms with Crippen LogP contribution in [0.3, 0.4) is 0 Å². The molecule has 2 aromatic rings. The highest BCUT2D eigenvalue weighted by molar-refractivity contribution is 9.10. The average molecular weight is 348 g/mol. The summed E-state index contributed by atoms with van der Waals surface area (Å²) in [5.74, 6) is 0.571. The molecule has 6 heteroatoms. The van der Waals surface area contributed by atoms with Crippen molar-refractivity contribution in [1.82, 2.24) is 14.9 Å². The normalized spacial score (nSPS) is 17.8. The van der Waals surface area contributed by atoms with Crippen molar-refractivity contribution in [3.8, 4) is 5.88 Å². The first-order valence-electron chi connectivity index (χ1n) is 6.70. The highest BCUT2D eigenvalue weighted by Crippen LogP contribution is 2.22. The summed E-state index contributed by atoms with van der Waals surface area (Å²) in [7, 11) is 0. The first kappa shape index (κ1) is 14.0. The molecule has 1 aliphatic rings. The Hall–Kier alpha value is -1.95. The van der Waals surface area contributed by atoms with Crippen LogP contribution in [0.4, 0.5) is 0 Å². The van der Waals surface area contributed by atoms with Crippen molar-refractivity contribution in [2.24, 2.45) is 0 Å². The summed E-state index contributed by atoms with van der Waals surface area (Å²) in [4.78, 5) is 22.2. The van der Waals surface area contributed by atoms with E-state index >= 15 is 0 Å². The molecule has 0 N–H and O–H groups in total. The first-order chi connectivity index (χ1) is 10.2. The highest BCUT2D eigenvalue weighted by atomic mass is 79.9. The number of halogens is 1. The van der Waals surface area contributed by atoms with Gasteiger partial charge in [0.25, 0.3) is 5.91 Å². The minimum absolute atomic E-state index is 0.0219. The Labute approximate surface area is 131 Å². The summed E-state index contributed by atoms with van der Waals surface area (Å²) in [6, 6.07) is 9.18. The van der Waals surface area contributed by atoms with Crippen molar-refractivity contribution in [2.45, 2.75) is 12.5 Å². The van der Waals surface area contributed by atoms with Gasteiger partial charge < -0.3 is 9.64 Å². The van der Waals surface area contributed by atoms with E-state index in [4.69, 9.17) is 4.74 Å². The molecule has 1 atom stereocenters. The Balaban J connectivity index is 1.65. The second-order valence-corrected chi connectivity index (χ2v) is 5.66. The average Bonchev–Trinajstić information content (AvgIpc) is 2.97. The maximum atomic E-state index is 12.5. The fourth-order valence-electron chi connectivity index (χ4n) is 2.33. The number of hydrogen-bond donors (Lipinski definition) is 0. The van der Waals surface area contributed by atoms with Crippen LogP contribution in [0.25, 0.3) is 0 Å². The lowest BCUT2D eigenvalue weighted by Crippen LogP contribution is -2.31. The smallest absolute Gasteiger partial charge is 0.255 e. The number of rotatable bonds is 3. The summed E-state index contributed by atoms with van der Waals surface area (Å²) in [6.45, 7) is 1.26. The van der Waals surface area contributed by atoms with Gasteiger partial charge in [-0.2, -0.15) is 0 Å². The van der Waals surface area contributed by atoms with E-state index in [9.17, 15) is 4.79 Å². The Morgan fingerprint density at radius 1 is 1.33 bits per heavy atom. The molecule has 5 nitrogen and oxygen atoms in total. The topological polar surface area (TPSA) is 55.3 Å². The Morgan fingerprint density at radius 3 is 2.95 bits per heavy atom. The van der Waals surface area contributed by atoms with Crippen molar-refractivity contribution in [3.05, 3.63) is 52.9 Å². The van der Waals surface area contributed by atoms with E-state index < -0.39 is 0 Å². The molecule has 1 saturated heterocycles. The van der Waals surface area contributed by atoms with E-state index in [0.29, 0.717) is 24.5 Å². The third kappa shape index (κ3) is 3.21. The number of likely N-dealkylation sites (tertiary alicyclic amines) is 1. The van der Waals surface area contributed by atoms with Crippen LogP contribution in [0, 0.1) is 0 Å². The van der Waals surface area contributed by atoms with Gasteiger partial charge >= 0.3 is 0 Å². The van der Waals surface area contributed by atoms with Gasteiger partial charge in [0.15, 0.2) is 0 Å². The first-order valence-corrected chi connectivity index (χ1v) is 7.50. The lowest BCUT2D eigenvalue weighted by atomic mass is 10.2. The Kier molecular flexibility index (Phi) is 4.15. The van der Waals surface area contributed by atoms with Gasteiger partial charge in [-0.25, -0.2) is 9.97 Å². The summed E-state index contributed by atoms with van der Waals surface area (Å²) in [6.07, 6.45) is 3.88. The standard InChI is InChI=1S/C15H14BrN3O2/c16-13-4-2-1-3-12(13)15(20)19-8-6-11(9-19)21-14-5-7-17-10-18-14/h1-5,7,10-11H,6,8-9H2/t11-/m0/s1. The van der Waals surface area contributed by atoms with Crippen LogP contribution < -0.4 is 4.74 Å². The number of hydrogen-bond acceptors (Lipinski definition) is 4. The van der Waals surface area contributed by atoms with Crippen LogP contribution in [0.2, 0.25) is 0 Å². The summed E-state index contributed by atoms with van der Waals surface area (Å²) >= 11 is 3.42. The number of amides is 1. The maximum Gasteiger partial charge on any atom is 0.255 e. The lowest BCUT2D eigenvalue weighted by Gasteiger charge is -2.17. The van der Waals surface area contributed by atoms with E-state index in [1.54, 1.807) is 12.3 Å². The van der Waals surface area contributed by atoms with Crippen LogP contribution >= 0.6 is 15.9 Å². The fourth-order valence-corrected chi connectivity index (χ4v) is 2.79. The van der Waals surface area contributed by atoms with E-state index in [1.807, 2.05) is 29.2 Å². The molecule has 21 heavy (non-hydrogen) atoms. The molecule has 1 fully saturated rings. The van der Waals surface area contributed by atoms with Crippen molar-refractivity contribution in [2.75, 3.05) is 13.1 Å². The number of ether oxygens (including phenoxy) is 1. The molecule has 1 amide bonds. The summed E-state index contributed by atoms with van der Waals surface area (Å²) in [5, 5.41) is 0. The SMILES string of the molecule is O=C(c1ccccc1Br)N1CC[C@H](Oc2ccncn2)C1. The van der Waals surface area contributed by atoms with Crippen LogP contribution in [0.5, 0.6) is 5.88 Å². The van der Waals surface area contributed by atoms with Crippen molar-refractivity contribution < 1.29 is 9.53 Å². The number of nitrogens with zero attached hydrogens (tertiary/aromatic N) is 3. The van der Waals surface area contributed by atoms with E-state index in [2.05, 4.69) is 25.9 Å². The molecule has 0 saturated carbocycles. The Bertz CT molecular complexity index is 636. The van der Waals surface area contributed by atoms with E-state index in [0.717, 1.165) is 10.9 Å². The van der Waals surface area contributed by atoms with Crippen molar-refractivity contribution in [1.29, 1.82) is 0 Å². The fraction of sp³-hybridized carbons (Fsp3) is 0.267. The van der Waals surface area contributed by atoms with E-state index in [-0.39, 0.29) is 12.0 Å². The largest absolute Gasteiger partial charge is 0.472 e. The summed E-state index contributed by atoms with van der Waals surface area (Å²) < 4.78 is 6.58. The van der Waals surface area contributed by atoms with Crippen LogP contribution in [-0.2, 0) is 0 Å². The molecular formula is C15H14BrN3O2. The maximum absolute atomic E-state index is 12.5. The molecule has 2 heterocycles. The van der Waals surface area contributed by atoms with Gasteiger partial charge in [-0.05, 0) is 28.1 Å². The third-order valence-electron chi connectivity index (χ3n) is 3.38. The molecule has 1 aromatic carbocycles. The van der Waals surface area contributed by atoms with Gasteiger partial charge in [0.2, 0.25) is 5.88 Å². The Morgan fingerprint density at radius 2 is 2.19 bits per heavy atom. The monoisotopic (exact) mass is 347 g/mol. The molecule has 0 spiro atoms. The minimum atomic E-state index is -0.0219. The van der Waals surface area contributed by atoms with Gasteiger partial charge in [0.05, 0.1) is 12.1 Å². The molecule has 108 valence electrons. The summed E-state index contributed by atoms with van der Waals surface area (Å²) in [5.41, 5.74) is 0.681. The zero-order chi connectivity index (χ0) is 14.7. The second kappa shape index (κ2) is 6.22. The molecule has 1 aliphatic heterocycles. The van der Waals surface area contributed by atoms with E-state index in [1.165, 1.54) is 6.33 Å². The molecule has 0 radical (unpaired) electrons. The predicted octanol–water partition coefficient (Wildman–Crippen LogP) is 2.53. The third-order valence-corrected chi connectivity index (χ3v) is 4.07. The molecule has 0 unspecified atom stereocenters. The highest BCUT2D eigenvalue weighted by Gasteiger charge is 2.29. The number of carbonyl (C=O) groups is 1. The quantitative estimate of drug-likeness (QED) is 0.855. The van der Waals surface area contributed by atoms with Gasteiger partial charge in [-0.3, -0.25) is 4.79 Å².